The standard InChI is InChI=1S/C56H44N2O8/c1-59-49-25-35(26-50(60-2)55(49)63-5)57(33-17-9-7-10-18-33)43-31-47-53(39-23-15-13-21-37(39)43)41-29-46-42(30-45(41)65-47)54-40-24-16-14-22-38(40)44(32-48(54)66-46)58(34-19-11-8-12-20-34)36-27-51(61-3)56(64-6)52(28-36)62-4/h7-32H,1-6H3. The second kappa shape index (κ2) is 16.2. The van der Waals surface area contributed by atoms with Crippen LogP contribution in [0, 0.1) is 0 Å². The fourth-order valence-electron chi connectivity index (χ4n) is 9.51. The summed E-state index contributed by atoms with van der Waals surface area (Å²) in [6, 6.07) is 53.7. The molecule has 9 aromatic carbocycles. The SMILES string of the molecule is COc1cc(N(c2ccccc2)c2cc3oc4cc5c(cc4c3c3ccccc23)oc2cc(N(c3ccccc3)c3cc(OC)c(OC)c(OC)c3)c3ccccc3c25)cc(OC)c1OC. The van der Waals surface area contributed by atoms with Gasteiger partial charge >= 0.3 is 0 Å². The third kappa shape index (κ3) is 6.32. The van der Waals surface area contributed by atoms with Crippen LogP contribution in [-0.2, 0) is 0 Å². The molecule has 0 spiro atoms. The van der Waals surface area contributed by atoms with Crippen LogP contribution in [-0.4, -0.2) is 42.7 Å². The second-order valence-corrected chi connectivity index (χ2v) is 15.8. The monoisotopic (exact) mass is 872 g/mol. The lowest BCUT2D eigenvalue weighted by molar-refractivity contribution is 0.324. The number of rotatable bonds is 12. The molecule has 0 bridgehead atoms. The highest BCUT2D eigenvalue weighted by molar-refractivity contribution is 6.28. The van der Waals surface area contributed by atoms with E-state index >= 15 is 0 Å². The molecule has 0 N–H and O–H groups in total. The highest BCUT2D eigenvalue weighted by Gasteiger charge is 2.26. The third-order valence-corrected chi connectivity index (χ3v) is 12.4. The predicted octanol–water partition coefficient (Wildman–Crippen LogP) is 14.8. The summed E-state index contributed by atoms with van der Waals surface area (Å²) in [6.07, 6.45) is 0. The van der Waals surface area contributed by atoms with Crippen LogP contribution >= 0.6 is 0 Å². The summed E-state index contributed by atoms with van der Waals surface area (Å²) in [6.45, 7) is 0. The van der Waals surface area contributed by atoms with Crippen molar-refractivity contribution in [3.63, 3.8) is 0 Å². The average Bonchev–Trinajstić information content (AvgIpc) is 3.92. The maximum Gasteiger partial charge on any atom is 0.203 e. The molecular weight excluding hydrogens is 829 g/mol. The van der Waals surface area contributed by atoms with Crippen molar-refractivity contribution in [1.29, 1.82) is 0 Å². The Kier molecular flexibility index (Phi) is 9.92. The molecule has 0 fully saturated rings. The van der Waals surface area contributed by atoms with E-state index < -0.39 is 0 Å². The molecule has 0 saturated heterocycles. The lowest BCUT2D eigenvalue weighted by Crippen LogP contribution is -2.11. The number of benzene rings is 9. The minimum Gasteiger partial charge on any atom is -0.493 e. The van der Waals surface area contributed by atoms with Crippen molar-refractivity contribution in [2.45, 2.75) is 0 Å². The van der Waals surface area contributed by atoms with Gasteiger partial charge in [0, 0.05) is 80.1 Å². The topological polar surface area (TPSA) is 88.1 Å². The summed E-state index contributed by atoms with van der Waals surface area (Å²) < 4.78 is 48.7. The lowest BCUT2D eigenvalue weighted by atomic mass is 9.98. The maximum atomic E-state index is 6.95. The number of hydrogen-bond acceptors (Lipinski definition) is 10. The molecule has 0 atom stereocenters. The molecule has 10 heteroatoms. The van der Waals surface area contributed by atoms with Crippen LogP contribution in [0.2, 0.25) is 0 Å². The molecule has 2 aromatic heterocycles. The highest BCUT2D eigenvalue weighted by Crippen LogP contribution is 2.51. The van der Waals surface area contributed by atoms with E-state index in [1.54, 1.807) is 42.7 Å². The van der Waals surface area contributed by atoms with E-state index in [2.05, 4.69) is 107 Å². The molecule has 0 saturated carbocycles. The number of nitrogens with zero attached hydrogens (tertiary/aromatic N) is 2. The minimum atomic E-state index is 0.516. The molecule has 2 heterocycles. The van der Waals surface area contributed by atoms with Crippen LogP contribution < -0.4 is 38.2 Å². The fourth-order valence-corrected chi connectivity index (χ4v) is 9.51. The van der Waals surface area contributed by atoms with Crippen LogP contribution in [0.3, 0.4) is 0 Å². The van der Waals surface area contributed by atoms with Gasteiger partial charge in [0.1, 0.15) is 22.3 Å². The van der Waals surface area contributed by atoms with Gasteiger partial charge in [-0.15, -0.1) is 0 Å². The van der Waals surface area contributed by atoms with Crippen molar-refractivity contribution in [2.75, 3.05) is 52.5 Å². The smallest absolute Gasteiger partial charge is 0.203 e. The molecule has 66 heavy (non-hydrogen) atoms. The normalized spacial score (nSPS) is 11.5. The highest BCUT2D eigenvalue weighted by atomic mass is 16.5. The quantitative estimate of drug-likeness (QED) is 0.118. The summed E-state index contributed by atoms with van der Waals surface area (Å²) in [4.78, 5) is 4.39. The van der Waals surface area contributed by atoms with E-state index in [9.17, 15) is 0 Å². The summed E-state index contributed by atoms with van der Waals surface area (Å²) in [5.74, 6) is 3.22. The Morgan fingerprint density at radius 3 is 0.970 bits per heavy atom. The first-order chi connectivity index (χ1) is 32.5. The van der Waals surface area contributed by atoms with Gasteiger partial charge < -0.3 is 47.1 Å². The number of ether oxygens (including phenoxy) is 6. The number of anilines is 6. The van der Waals surface area contributed by atoms with Crippen molar-refractivity contribution in [3.05, 3.63) is 158 Å². The molecule has 0 unspecified atom stereocenters. The molecule has 0 amide bonds. The van der Waals surface area contributed by atoms with Crippen LogP contribution in [0.15, 0.2) is 167 Å². The molecule has 0 aliphatic heterocycles. The Morgan fingerprint density at radius 1 is 0.303 bits per heavy atom. The Bertz CT molecular complexity index is 3350. The average molecular weight is 873 g/mol. The zero-order chi connectivity index (χ0) is 45.1. The summed E-state index contributed by atoms with van der Waals surface area (Å²) >= 11 is 0. The van der Waals surface area contributed by atoms with E-state index in [-0.39, 0.29) is 0 Å². The molecule has 10 nitrogen and oxygen atoms in total. The molecule has 0 aliphatic carbocycles. The summed E-state index contributed by atoms with van der Waals surface area (Å²) in [5.41, 5.74) is 8.33. The van der Waals surface area contributed by atoms with Gasteiger partial charge in [0.2, 0.25) is 11.5 Å². The van der Waals surface area contributed by atoms with Crippen molar-refractivity contribution in [3.8, 4) is 34.5 Å². The third-order valence-electron chi connectivity index (χ3n) is 12.4. The minimum absolute atomic E-state index is 0.516. The molecule has 11 rings (SSSR count). The number of para-hydroxylation sites is 2. The van der Waals surface area contributed by atoms with E-state index in [1.165, 1.54) is 0 Å². The van der Waals surface area contributed by atoms with Gasteiger partial charge in [-0.1, -0.05) is 84.9 Å². The van der Waals surface area contributed by atoms with E-state index in [1.807, 2.05) is 60.7 Å². The molecule has 0 radical (unpaired) electrons. The van der Waals surface area contributed by atoms with Crippen LogP contribution in [0.25, 0.3) is 65.4 Å². The maximum absolute atomic E-state index is 6.95. The van der Waals surface area contributed by atoms with Gasteiger partial charge in [0.15, 0.2) is 23.0 Å². The summed E-state index contributed by atoms with van der Waals surface area (Å²) in [7, 11) is 9.72. The van der Waals surface area contributed by atoms with E-state index in [4.69, 9.17) is 37.3 Å². The zero-order valence-electron chi connectivity index (χ0n) is 37.2. The van der Waals surface area contributed by atoms with Crippen molar-refractivity contribution >= 4 is 99.5 Å². The Hall–Kier alpha value is -8.50. The second-order valence-electron chi connectivity index (χ2n) is 15.8. The van der Waals surface area contributed by atoms with Crippen molar-refractivity contribution in [1.82, 2.24) is 0 Å². The fraction of sp³-hybridized carbons (Fsp3) is 0.107. The predicted molar refractivity (Wildman–Crippen MR) is 265 cm³/mol. The Labute approximate surface area is 380 Å². The first-order valence-electron chi connectivity index (χ1n) is 21.4. The van der Waals surface area contributed by atoms with Crippen LogP contribution in [0.4, 0.5) is 34.1 Å². The van der Waals surface area contributed by atoms with Gasteiger partial charge in [-0.2, -0.15) is 0 Å². The Balaban J connectivity index is 1.14. The van der Waals surface area contributed by atoms with Gasteiger partial charge in [0.05, 0.1) is 65.4 Å². The van der Waals surface area contributed by atoms with Gasteiger partial charge in [0.25, 0.3) is 0 Å². The van der Waals surface area contributed by atoms with Crippen molar-refractivity contribution in [2.24, 2.45) is 0 Å². The molecule has 0 aliphatic rings. The zero-order valence-corrected chi connectivity index (χ0v) is 37.2. The molecule has 326 valence electrons. The van der Waals surface area contributed by atoms with E-state index in [0.29, 0.717) is 34.5 Å². The lowest BCUT2D eigenvalue weighted by Gasteiger charge is -2.28. The van der Waals surface area contributed by atoms with Crippen molar-refractivity contribution < 1.29 is 37.3 Å². The molecular formula is C56H44N2O8. The molecule has 11 aromatic rings. The Morgan fingerprint density at radius 2 is 0.636 bits per heavy atom. The first kappa shape index (κ1) is 40.3. The number of fused-ring (bicyclic) bond motifs is 10. The van der Waals surface area contributed by atoms with Gasteiger partial charge in [-0.25, -0.2) is 0 Å². The largest absolute Gasteiger partial charge is 0.493 e. The van der Waals surface area contributed by atoms with Crippen LogP contribution in [0.1, 0.15) is 0 Å². The van der Waals surface area contributed by atoms with Crippen LogP contribution in [0.5, 0.6) is 34.5 Å². The number of furan rings is 2. The first-order valence-corrected chi connectivity index (χ1v) is 21.4. The summed E-state index contributed by atoms with van der Waals surface area (Å²) in [5, 5.41) is 8.00. The van der Waals surface area contributed by atoms with Gasteiger partial charge in [-0.3, -0.25) is 0 Å². The van der Waals surface area contributed by atoms with Gasteiger partial charge in [-0.05, 0) is 47.2 Å². The number of hydrogen-bond donors (Lipinski definition) is 0. The van der Waals surface area contributed by atoms with E-state index in [0.717, 1.165) is 99.5 Å². The number of methoxy groups -OCH3 is 6.